The Balaban J connectivity index is 1.50. The van der Waals surface area contributed by atoms with E-state index in [0.717, 1.165) is 12.3 Å². The Bertz CT molecular complexity index is 580. The van der Waals surface area contributed by atoms with Gasteiger partial charge >= 0.3 is 0 Å². The van der Waals surface area contributed by atoms with E-state index >= 15 is 0 Å². The molecule has 1 aromatic heterocycles. The van der Waals surface area contributed by atoms with E-state index < -0.39 is 6.10 Å². The number of thiophene rings is 1. The molecule has 2 aromatic rings. The molecule has 1 atom stereocenters. The topological polar surface area (TPSA) is 32.7 Å². The van der Waals surface area contributed by atoms with E-state index in [9.17, 15) is 5.11 Å². The van der Waals surface area contributed by atoms with Gasteiger partial charge in [-0.2, -0.15) is 0 Å². The first kappa shape index (κ1) is 15.5. The molecule has 4 heteroatoms. The number of aliphatic hydroxyl groups is 1. The zero-order chi connectivity index (χ0) is 15.4. The molecule has 1 saturated carbocycles. The molecule has 0 amide bonds. The standard InChI is InChI=1S/C18H23NO2S/c1-14-7-10-18(22-14)12-19(15-8-9-15)11-16(20)13-21-17-5-3-2-4-6-17/h2-7,10,15-16,20H,8-9,11-13H2,1H3/t16-/m1/s1. The molecule has 1 N–H and O–H groups in total. The fourth-order valence-corrected chi connectivity index (χ4v) is 3.50. The van der Waals surface area contributed by atoms with E-state index in [-0.39, 0.29) is 0 Å². The van der Waals surface area contributed by atoms with Crippen molar-refractivity contribution in [3.05, 3.63) is 52.2 Å². The van der Waals surface area contributed by atoms with Gasteiger partial charge in [-0.3, -0.25) is 4.90 Å². The van der Waals surface area contributed by atoms with E-state index in [0.29, 0.717) is 19.2 Å². The zero-order valence-electron chi connectivity index (χ0n) is 12.9. The Morgan fingerprint density at radius 1 is 1.23 bits per heavy atom. The molecule has 1 aliphatic rings. The molecule has 118 valence electrons. The lowest BCUT2D eigenvalue weighted by Gasteiger charge is -2.24. The highest BCUT2D eigenvalue weighted by Crippen LogP contribution is 2.29. The van der Waals surface area contributed by atoms with Crippen molar-refractivity contribution in [2.24, 2.45) is 0 Å². The summed E-state index contributed by atoms with van der Waals surface area (Å²) in [6, 6.07) is 14.7. The Morgan fingerprint density at radius 2 is 2.00 bits per heavy atom. The van der Waals surface area contributed by atoms with Crippen molar-refractivity contribution in [2.75, 3.05) is 13.2 Å². The lowest BCUT2D eigenvalue weighted by Crippen LogP contribution is -2.36. The number of para-hydroxylation sites is 1. The third-order valence-electron chi connectivity index (χ3n) is 3.85. The number of ether oxygens (including phenoxy) is 1. The first-order chi connectivity index (χ1) is 10.7. The molecule has 1 aromatic carbocycles. The molecule has 0 bridgehead atoms. The second-order valence-corrected chi connectivity index (χ2v) is 7.32. The van der Waals surface area contributed by atoms with Crippen LogP contribution in [0.3, 0.4) is 0 Å². The lowest BCUT2D eigenvalue weighted by molar-refractivity contribution is 0.0630. The van der Waals surface area contributed by atoms with Crippen molar-refractivity contribution in [3.8, 4) is 5.75 Å². The molecule has 3 nitrogen and oxygen atoms in total. The lowest BCUT2D eigenvalue weighted by atomic mass is 10.3. The Morgan fingerprint density at radius 3 is 2.64 bits per heavy atom. The quantitative estimate of drug-likeness (QED) is 0.809. The third kappa shape index (κ3) is 4.57. The van der Waals surface area contributed by atoms with E-state index in [2.05, 4.69) is 24.0 Å². The summed E-state index contributed by atoms with van der Waals surface area (Å²) >= 11 is 1.84. The highest BCUT2D eigenvalue weighted by molar-refractivity contribution is 7.11. The first-order valence-corrected chi connectivity index (χ1v) is 8.67. The molecular formula is C18H23NO2S. The van der Waals surface area contributed by atoms with E-state index in [1.54, 1.807) is 0 Å². The van der Waals surface area contributed by atoms with Crippen LogP contribution in [0.4, 0.5) is 0 Å². The maximum atomic E-state index is 10.3. The van der Waals surface area contributed by atoms with Gasteiger partial charge in [0.05, 0.1) is 0 Å². The monoisotopic (exact) mass is 317 g/mol. The van der Waals surface area contributed by atoms with Gasteiger partial charge in [0.15, 0.2) is 0 Å². The van der Waals surface area contributed by atoms with Crippen LogP contribution in [0.2, 0.25) is 0 Å². The minimum atomic E-state index is -0.457. The van der Waals surface area contributed by atoms with Crippen molar-refractivity contribution < 1.29 is 9.84 Å². The Labute approximate surface area is 136 Å². The van der Waals surface area contributed by atoms with Crippen molar-refractivity contribution in [2.45, 2.75) is 38.5 Å². The summed E-state index contributed by atoms with van der Waals surface area (Å²) in [5.41, 5.74) is 0. The second-order valence-electron chi connectivity index (χ2n) is 5.95. The SMILES string of the molecule is Cc1ccc(CN(C[C@@H](O)COc2ccccc2)C2CC2)s1. The van der Waals surface area contributed by atoms with Gasteiger partial charge < -0.3 is 9.84 Å². The minimum absolute atomic E-state index is 0.344. The van der Waals surface area contributed by atoms with Crippen LogP contribution < -0.4 is 4.74 Å². The summed E-state index contributed by atoms with van der Waals surface area (Å²) in [5.74, 6) is 0.813. The van der Waals surface area contributed by atoms with Gasteiger partial charge in [0.2, 0.25) is 0 Å². The maximum absolute atomic E-state index is 10.3. The number of aliphatic hydroxyl groups excluding tert-OH is 1. The van der Waals surface area contributed by atoms with Crippen molar-refractivity contribution in [1.82, 2.24) is 4.90 Å². The third-order valence-corrected chi connectivity index (χ3v) is 4.83. The zero-order valence-corrected chi connectivity index (χ0v) is 13.8. The van der Waals surface area contributed by atoms with Crippen LogP contribution in [-0.2, 0) is 6.54 Å². The van der Waals surface area contributed by atoms with Gasteiger partial charge in [0.1, 0.15) is 18.5 Å². The number of aryl methyl sites for hydroxylation is 1. The number of hydrogen-bond donors (Lipinski definition) is 1. The van der Waals surface area contributed by atoms with Crippen LogP contribution in [0.1, 0.15) is 22.6 Å². The molecular weight excluding hydrogens is 294 g/mol. The predicted octanol–water partition coefficient (Wildman–Crippen LogP) is 3.46. The fourth-order valence-electron chi connectivity index (χ4n) is 2.59. The molecule has 0 unspecified atom stereocenters. The van der Waals surface area contributed by atoms with Crippen LogP contribution in [0.15, 0.2) is 42.5 Å². The largest absolute Gasteiger partial charge is 0.491 e. The molecule has 1 aliphatic carbocycles. The van der Waals surface area contributed by atoms with Crippen molar-refractivity contribution in [3.63, 3.8) is 0 Å². The van der Waals surface area contributed by atoms with Gasteiger partial charge in [-0.1, -0.05) is 18.2 Å². The Hall–Kier alpha value is -1.36. The molecule has 0 spiro atoms. The van der Waals surface area contributed by atoms with Crippen LogP contribution in [0.25, 0.3) is 0 Å². The van der Waals surface area contributed by atoms with Gasteiger partial charge in [-0.25, -0.2) is 0 Å². The number of nitrogens with zero attached hydrogens (tertiary/aromatic N) is 1. The summed E-state index contributed by atoms with van der Waals surface area (Å²) < 4.78 is 5.65. The summed E-state index contributed by atoms with van der Waals surface area (Å²) in [4.78, 5) is 5.11. The fraction of sp³-hybridized carbons (Fsp3) is 0.444. The van der Waals surface area contributed by atoms with E-state index in [1.807, 2.05) is 41.7 Å². The van der Waals surface area contributed by atoms with Crippen LogP contribution >= 0.6 is 11.3 Å². The van der Waals surface area contributed by atoms with Crippen molar-refractivity contribution >= 4 is 11.3 Å². The number of benzene rings is 1. The van der Waals surface area contributed by atoms with E-state index in [1.165, 1.54) is 22.6 Å². The molecule has 1 heterocycles. The van der Waals surface area contributed by atoms with Gasteiger partial charge in [-0.05, 0) is 44.0 Å². The molecule has 1 fully saturated rings. The molecule has 0 radical (unpaired) electrons. The summed E-state index contributed by atoms with van der Waals surface area (Å²) in [6.07, 6.45) is 2.04. The van der Waals surface area contributed by atoms with Gasteiger partial charge in [0, 0.05) is 28.9 Å². The van der Waals surface area contributed by atoms with Crippen LogP contribution in [-0.4, -0.2) is 35.3 Å². The minimum Gasteiger partial charge on any atom is -0.491 e. The summed E-state index contributed by atoms with van der Waals surface area (Å²) in [5, 5.41) is 10.3. The van der Waals surface area contributed by atoms with Gasteiger partial charge in [-0.15, -0.1) is 11.3 Å². The molecule has 0 saturated heterocycles. The smallest absolute Gasteiger partial charge is 0.119 e. The van der Waals surface area contributed by atoms with Crippen LogP contribution in [0, 0.1) is 6.92 Å². The van der Waals surface area contributed by atoms with Crippen LogP contribution in [0.5, 0.6) is 5.75 Å². The first-order valence-electron chi connectivity index (χ1n) is 7.86. The average molecular weight is 317 g/mol. The average Bonchev–Trinajstić information content (AvgIpc) is 3.29. The Kier molecular flexibility index (Phi) is 5.13. The normalized spacial score (nSPS) is 16.0. The van der Waals surface area contributed by atoms with E-state index in [4.69, 9.17) is 4.74 Å². The molecule has 3 rings (SSSR count). The molecule has 22 heavy (non-hydrogen) atoms. The predicted molar refractivity (Wildman–Crippen MR) is 90.4 cm³/mol. The summed E-state index contributed by atoms with van der Waals surface area (Å²) in [6.45, 7) is 4.09. The maximum Gasteiger partial charge on any atom is 0.119 e. The highest BCUT2D eigenvalue weighted by atomic mass is 32.1. The number of hydrogen-bond acceptors (Lipinski definition) is 4. The second kappa shape index (κ2) is 7.27. The molecule has 0 aliphatic heterocycles. The number of rotatable bonds is 8. The van der Waals surface area contributed by atoms with Gasteiger partial charge in [0.25, 0.3) is 0 Å². The summed E-state index contributed by atoms with van der Waals surface area (Å²) in [7, 11) is 0. The van der Waals surface area contributed by atoms with Crippen molar-refractivity contribution in [1.29, 1.82) is 0 Å². The highest BCUT2D eigenvalue weighted by Gasteiger charge is 2.30.